The Labute approximate surface area is 210 Å². The topological polar surface area (TPSA) is 116 Å². The van der Waals surface area contributed by atoms with Gasteiger partial charge >= 0.3 is 18.1 Å². The Morgan fingerprint density at radius 3 is 2.14 bits per heavy atom. The fourth-order valence-electron chi connectivity index (χ4n) is 3.42. The smallest absolute Gasteiger partial charge is 0.453 e. The van der Waals surface area contributed by atoms with Crippen LogP contribution in [0.15, 0.2) is 53.4 Å². The molecule has 2 rings (SSSR count). The number of ether oxygens (including phenoxy) is 1. The number of halogens is 5. The van der Waals surface area contributed by atoms with Crippen LogP contribution in [0.25, 0.3) is 0 Å². The molecule has 2 aromatic rings. The van der Waals surface area contributed by atoms with E-state index in [-0.39, 0.29) is 29.4 Å². The van der Waals surface area contributed by atoms with Gasteiger partial charge in [-0.1, -0.05) is 24.3 Å². The zero-order valence-electron chi connectivity index (χ0n) is 19.6. The second-order valence-corrected chi connectivity index (χ2v) is 9.90. The van der Waals surface area contributed by atoms with Crippen LogP contribution in [0, 0.1) is 10.1 Å². The van der Waals surface area contributed by atoms with Crippen molar-refractivity contribution in [2.24, 2.45) is 0 Å². The van der Waals surface area contributed by atoms with E-state index in [9.17, 15) is 45.3 Å². The molecule has 0 fully saturated rings. The van der Waals surface area contributed by atoms with Gasteiger partial charge in [-0.25, -0.2) is 13.1 Å². The zero-order chi connectivity index (χ0) is 27.9. The van der Waals surface area contributed by atoms with Gasteiger partial charge in [-0.3, -0.25) is 14.9 Å². The minimum atomic E-state index is -5.73. The fraction of sp³-hybridized carbons (Fsp3) is 0.435. The number of carbonyl (C=O) groups excluding carboxylic acids is 1. The summed E-state index contributed by atoms with van der Waals surface area (Å²) in [6, 6.07) is 9.03. The van der Waals surface area contributed by atoms with Crippen molar-refractivity contribution >= 4 is 21.7 Å². The second kappa shape index (κ2) is 12.4. The summed E-state index contributed by atoms with van der Waals surface area (Å²) in [4.78, 5) is 21.0. The summed E-state index contributed by atoms with van der Waals surface area (Å²) in [7, 11) is -3.05. The van der Waals surface area contributed by atoms with E-state index < -0.39 is 45.9 Å². The molecule has 37 heavy (non-hydrogen) atoms. The fourth-order valence-corrected chi connectivity index (χ4v) is 4.68. The summed E-state index contributed by atoms with van der Waals surface area (Å²) in [6.07, 6.45) is -7.13. The SMILES string of the molecule is COC(=O)CCCc1ccc(C(CCCC(F)(F)C(F)(F)F)NS(=O)(=O)c2ccc([N+](=O)[O-])cc2)cc1. The Morgan fingerprint density at radius 1 is 1.03 bits per heavy atom. The first-order valence-electron chi connectivity index (χ1n) is 11.0. The van der Waals surface area contributed by atoms with Gasteiger partial charge in [-0.15, -0.1) is 0 Å². The summed E-state index contributed by atoms with van der Waals surface area (Å²) >= 11 is 0. The van der Waals surface area contributed by atoms with E-state index in [1.165, 1.54) is 19.2 Å². The van der Waals surface area contributed by atoms with Crippen LogP contribution < -0.4 is 4.72 Å². The van der Waals surface area contributed by atoms with Crippen LogP contribution in [-0.2, 0) is 26.0 Å². The first-order valence-corrected chi connectivity index (χ1v) is 12.5. The van der Waals surface area contributed by atoms with Crippen molar-refractivity contribution in [3.63, 3.8) is 0 Å². The normalized spacial score (nSPS) is 13.2. The van der Waals surface area contributed by atoms with Crippen LogP contribution in [0.1, 0.15) is 49.3 Å². The lowest BCUT2D eigenvalue weighted by Crippen LogP contribution is -2.36. The largest absolute Gasteiger partial charge is 0.469 e. The van der Waals surface area contributed by atoms with Gasteiger partial charge in [0, 0.05) is 31.0 Å². The Morgan fingerprint density at radius 2 is 1.62 bits per heavy atom. The van der Waals surface area contributed by atoms with E-state index in [1.807, 2.05) is 0 Å². The predicted molar refractivity (Wildman–Crippen MR) is 122 cm³/mol. The third kappa shape index (κ3) is 8.74. The predicted octanol–water partition coefficient (Wildman–Crippen LogP) is 5.48. The number of alkyl halides is 5. The maximum Gasteiger partial charge on any atom is 0.453 e. The number of nitro benzene ring substituents is 1. The van der Waals surface area contributed by atoms with E-state index in [1.54, 1.807) is 12.1 Å². The second-order valence-electron chi connectivity index (χ2n) is 8.19. The number of benzene rings is 2. The maximum atomic E-state index is 13.4. The third-order valence-corrected chi connectivity index (χ3v) is 7.00. The van der Waals surface area contributed by atoms with Crippen LogP contribution in [0.3, 0.4) is 0 Å². The van der Waals surface area contributed by atoms with Crippen molar-refractivity contribution in [2.75, 3.05) is 7.11 Å². The number of esters is 1. The molecule has 0 saturated heterocycles. The number of methoxy groups -OCH3 is 1. The number of non-ortho nitro benzene ring substituents is 1. The lowest BCUT2D eigenvalue weighted by Gasteiger charge is -2.23. The Balaban J connectivity index is 2.22. The first-order chi connectivity index (χ1) is 17.2. The number of hydrogen-bond donors (Lipinski definition) is 1. The minimum Gasteiger partial charge on any atom is -0.469 e. The molecule has 8 nitrogen and oxygen atoms in total. The summed E-state index contributed by atoms with van der Waals surface area (Å²) in [5.74, 6) is -5.31. The number of aryl methyl sites for hydroxylation is 1. The van der Waals surface area contributed by atoms with Crippen LogP contribution >= 0.6 is 0 Å². The lowest BCUT2D eigenvalue weighted by molar-refractivity contribution is -0.384. The molecule has 0 bridgehead atoms. The van der Waals surface area contributed by atoms with Crippen molar-refractivity contribution in [3.8, 4) is 0 Å². The Kier molecular flexibility index (Phi) is 10.1. The van der Waals surface area contributed by atoms with Crippen LogP contribution in [0.2, 0.25) is 0 Å². The number of nitrogens with one attached hydrogen (secondary N) is 1. The highest BCUT2D eigenvalue weighted by molar-refractivity contribution is 7.89. The van der Waals surface area contributed by atoms with Crippen molar-refractivity contribution in [2.45, 2.75) is 61.6 Å². The number of hydrogen-bond acceptors (Lipinski definition) is 6. The molecule has 0 saturated carbocycles. The maximum absolute atomic E-state index is 13.4. The van der Waals surface area contributed by atoms with Crippen molar-refractivity contribution < 1.29 is 44.8 Å². The molecule has 0 spiro atoms. The van der Waals surface area contributed by atoms with Crippen molar-refractivity contribution in [3.05, 3.63) is 69.8 Å². The molecule has 0 heterocycles. The standard InChI is InChI=1S/C23H25F5N2O6S/c1-36-21(31)6-2-4-16-7-9-17(10-8-16)20(5-3-15-22(24,25)23(26,27)28)29-37(34,35)19-13-11-18(12-14-19)30(32)33/h7-14,20,29H,2-6,15H2,1H3. The van der Waals surface area contributed by atoms with Crippen molar-refractivity contribution in [1.29, 1.82) is 0 Å². The summed E-state index contributed by atoms with van der Waals surface area (Å²) in [5, 5.41) is 10.8. The Hall–Kier alpha value is -3.13. The van der Waals surface area contributed by atoms with Gasteiger partial charge in [0.1, 0.15) is 0 Å². The van der Waals surface area contributed by atoms with E-state index in [2.05, 4.69) is 9.46 Å². The molecule has 2 aromatic carbocycles. The molecular weight excluding hydrogens is 527 g/mol. The number of nitro groups is 1. The molecule has 1 atom stereocenters. The average Bonchev–Trinajstić information content (AvgIpc) is 2.83. The Bertz CT molecular complexity index is 1170. The molecular formula is C23H25F5N2O6S. The zero-order valence-corrected chi connectivity index (χ0v) is 20.5. The molecule has 0 aromatic heterocycles. The number of sulfonamides is 1. The lowest BCUT2D eigenvalue weighted by atomic mass is 9.98. The molecule has 0 aliphatic rings. The first kappa shape index (κ1) is 30.1. The van der Waals surface area contributed by atoms with Gasteiger partial charge in [0.2, 0.25) is 10.0 Å². The van der Waals surface area contributed by atoms with Gasteiger partial charge < -0.3 is 4.74 Å². The molecule has 204 valence electrons. The quantitative estimate of drug-likeness (QED) is 0.152. The molecule has 1 unspecified atom stereocenters. The highest BCUT2D eigenvalue weighted by atomic mass is 32.2. The van der Waals surface area contributed by atoms with Crippen LogP contribution in [0.5, 0.6) is 0 Å². The molecule has 1 N–H and O–H groups in total. The molecule has 14 heteroatoms. The van der Waals surface area contributed by atoms with Gasteiger partial charge in [-0.2, -0.15) is 22.0 Å². The number of carbonyl (C=O) groups is 1. The van der Waals surface area contributed by atoms with Gasteiger partial charge in [0.05, 0.1) is 16.9 Å². The van der Waals surface area contributed by atoms with Gasteiger partial charge in [0.25, 0.3) is 5.69 Å². The summed E-state index contributed by atoms with van der Waals surface area (Å²) < 4.78 is 97.0. The van der Waals surface area contributed by atoms with E-state index in [0.717, 1.165) is 29.8 Å². The molecule has 0 amide bonds. The number of rotatable bonds is 13. The van der Waals surface area contributed by atoms with E-state index >= 15 is 0 Å². The monoisotopic (exact) mass is 552 g/mol. The van der Waals surface area contributed by atoms with Crippen molar-refractivity contribution in [1.82, 2.24) is 4.72 Å². The van der Waals surface area contributed by atoms with E-state index in [4.69, 9.17) is 0 Å². The number of nitrogens with zero attached hydrogens (tertiary/aromatic N) is 1. The van der Waals surface area contributed by atoms with Gasteiger partial charge in [-0.05, 0) is 48.9 Å². The summed E-state index contributed by atoms with van der Waals surface area (Å²) in [5.41, 5.74) is 0.749. The third-order valence-electron chi connectivity index (χ3n) is 5.51. The molecule has 0 aliphatic carbocycles. The minimum absolute atomic E-state index is 0.184. The highest BCUT2D eigenvalue weighted by Gasteiger charge is 2.56. The van der Waals surface area contributed by atoms with Crippen LogP contribution in [-0.4, -0.2) is 38.5 Å². The van der Waals surface area contributed by atoms with E-state index in [0.29, 0.717) is 18.4 Å². The highest BCUT2D eigenvalue weighted by Crippen LogP contribution is 2.40. The van der Waals surface area contributed by atoms with Gasteiger partial charge in [0.15, 0.2) is 0 Å². The molecule has 0 radical (unpaired) electrons. The van der Waals surface area contributed by atoms with Crippen LogP contribution in [0.4, 0.5) is 27.6 Å². The molecule has 0 aliphatic heterocycles. The summed E-state index contributed by atoms with van der Waals surface area (Å²) in [6.45, 7) is 0. The average molecular weight is 553 g/mol.